The van der Waals surface area contributed by atoms with Crippen molar-refractivity contribution in [1.82, 2.24) is 0 Å². The van der Waals surface area contributed by atoms with E-state index in [9.17, 15) is 4.79 Å². The Morgan fingerprint density at radius 1 is 0.696 bits per heavy atom. The topological polar surface area (TPSA) is 63.2 Å². The van der Waals surface area contributed by atoms with Crippen LogP contribution in [0.2, 0.25) is 0 Å². The molecule has 0 saturated carbocycles. The van der Waals surface area contributed by atoms with Gasteiger partial charge in [0, 0.05) is 0 Å². The Bertz CT molecular complexity index is 558. The zero-order valence-electron chi connectivity index (χ0n) is 12.6. The molecule has 0 aliphatic rings. The Balaban J connectivity index is 1.45. The maximum absolute atomic E-state index is 11.2. The first-order chi connectivity index (χ1) is 11.3. The van der Waals surface area contributed by atoms with E-state index < -0.39 is 6.16 Å². The number of hydrogen-bond donors (Lipinski definition) is 0. The van der Waals surface area contributed by atoms with Crippen molar-refractivity contribution in [3.05, 3.63) is 60.7 Å². The summed E-state index contributed by atoms with van der Waals surface area (Å²) in [4.78, 5) is 20.3. The monoisotopic (exact) mass is 318 g/mol. The first-order valence-electron chi connectivity index (χ1n) is 7.16. The summed E-state index contributed by atoms with van der Waals surface area (Å²) in [6.07, 6.45) is -0.915. The molecule has 0 atom stereocenters. The number of hydrogen-bond acceptors (Lipinski definition) is 6. The van der Waals surface area contributed by atoms with Crippen LogP contribution in [0.3, 0.4) is 0 Å². The van der Waals surface area contributed by atoms with Gasteiger partial charge in [-0.2, -0.15) is 4.89 Å². The van der Waals surface area contributed by atoms with Gasteiger partial charge in [-0.25, -0.2) is 4.79 Å². The van der Waals surface area contributed by atoms with Crippen molar-refractivity contribution in [3.63, 3.8) is 0 Å². The Labute approximate surface area is 134 Å². The summed E-state index contributed by atoms with van der Waals surface area (Å²) >= 11 is 0. The fourth-order valence-electron chi connectivity index (χ4n) is 1.63. The molecule has 6 heteroatoms. The van der Waals surface area contributed by atoms with Gasteiger partial charge < -0.3 is 14.2 Å². The van der Waals surface area contributed by atoms with Crippen LogP contribution in [0.15, 0.2) is 60.7 Å². The Morgan fingerprint density at radius 3 is 1.78 bits per heavy atom. The van der Waals surface area contributed by atoms with Crippen molar-refractivity contribution in [2.24, 2.45) is 0 Å². The molecule has 0 amide bonds. The third-order valence-electron chi connectivity index (χ3n) is 2.62. The lowest BCUT2D eigenvalue weighted by atomic mass is 10.3. The molecule has 23 heavy (non-hydrogen) atoms. The van der Waals surface area contributed by atoms with Gasteiger partial charge in [-0.1, -0.05) is 36.4 Å². The summed E-state index contributed by atoms with van der Waals surface area (Å²) in [5.74, 6) is 1.43. The van der Waals surface area contributed by atoms with Crippen molar-refractivity contribution >= 4 is 6.16 Å². The van der Waals surface area contributed by atoms with Crippen molar-refractivity contribution in [3.8, 4) is 11.5 Å². The molecule has 0 unspecified atom stereocenters. The Hall–Kier alpha value is -2.73. The van der Waals surface area contributed by atoms with Gasteiger partial charge in [0.15, 0.2) is 0 Å². The van der Waals surface area contributed by atoms with Crippen molar-refractivity contribution in [2.45, 2.75) is 0 Å². The maximum atomic E-state index is 11.2. The highest BCUT2D eigenvalue weighted by molar-refractivity contribution is 5.58. The maximum Gasteiger partial charge on any atom is 0.540 e. The molecule has 0 spiro atoms. The molecule has 2 rings (SSSR count). The third kappa shape index (κ3) is 7.19. The summed E-state index contributed by atoms with van der Waals surface area (Å²) in [5.41, 5.74) is 0. The number of para-hydroxylation sites is 2. The lowest BCUT2D eigenvalue weighted by molar-refractivity contribution is -0.257. The standard InChI is InChI=1S/C17H18O6/c18-17(21-12-11-19-15-7-3-1-4-8-15)23-22-14-13-20-16-9-5-2-6-10-16/h1-10H,11-14H2. The molecular weight excluding hydrogens is 300 g/mol. The van der Waals surface area contributed by atoms with Gasteiger partial charge in [0.2, 0.25) is 0 Å². The van der Waals surface area contributed by atoms with E-state index in [-0.39, 0.29) is 26.4 Å². The molecule has 6 nitrogen and oxygen atoms in total. The molecule has 0 saturated heterocycles. The van der Waals surface area contributed by atoms with Crippen LogP contribution in [-0.4, -0.2) is 32.6 Å². The van der Waals surface area contributed by atoms with Gasteiger partial charge in [-0.15, -0.1) is 0 Å². The summed E-state index contributed by atoms with van der Waals surface area (Å²) in [7, 11) is 0. The molecule has 122 valence electrons. The van der Waals surface area contributed by atoms with E-state index in [1.807, 2.05) is 60.7 Å². The van der Waals surface area contributed by atoms with E-state index >= 15 is 0 Å². The Kier molecular flexibility index (Phi) is 7.29. The third-order valence-corrected chi connectivity index (χ3v) is 2.62. The number of benzene rings is 2. The smallest absolute Gasteiger partial charge is 0.491 e. The van der Waals surface area contributed by atoms with E-state index in [1.54, 1.807) is 0 Å². The number of ether oxygens (including phenoxy) is 3. The molecule has 0 radical (unpaired) electrons. The van der Waals surface area contributed by atoms with E-state index in [4.69, 9.17) is 19.1 Å². The normalized spacial score (nSPS) is 9.91. The summed E-state index contributed by atoms with van der Waals surface area (Å²) in [6.45, 7) is 0.659. The molecule has 0 bridgehead atoms. The van der Waals surface area contributed by atoms with E-state index in [0.29, 0.717) is 5.75 Å². The zero-order valence-corrected chi connectivity index (χ0v) is 12.6. The van der Waals surface area contributed by atoms with Gasteiger partial charge >= 0.3 is 6.16 Å². The number of carbonyl (C=O) groups excluding carboxylic acids is 1. The average molecular weight is 318 g/mol. The van der Waals surface area contributed by atoms with Crippen molar-refractivity contribution < 1.29 is 28.8 Å². The minimum Gasteiger partial charge on any atom is -0.491 e. The minimum atomic E-state index is -0.915. The molecule has 0 aliphatic heterocycles. The lowest BCUT2D eigenvalue weighted by Gasteiger charge is -2.07. The first-order valence-corrected chi connectivity index (χ1v) is 7.16. The molecular formula is C17H18O6. The largest absolute Gasteiger partial charge is 0.540 e. The van der Waals surface area contributed by atoms with Crippen LogP contribution < -0.4 is 9.47 Å². The van der Waals surface area contributed by atoms with E-state index in [1.165, 1.54) is 0 Å². The quantitative estimate of drug-likeness (QED) is 0.306. The molecule has 2 aromatic rings. The number of rotatable bonds is 9. The molecule has 0 fully saturated rings. The van der Waals surface area contributed by atoms with Crippen LogP contribution in [0.4, 0.5) is 4.79 Å². The second-order valence-electron chi connectivity index (χ2n) is 4.33. The molecule has 0 N–H and O–H groups in total. The highest BCUT2D eigenvalue weighted by Crippen LogP contribution is 2.08. The fourth-order valence-corrected chi connectivity index (χ4v) is 1.63. The summed E-state index contributed by atoms with van der Waals surface area (Å²) in [5, 5.41) is 0. The van der Waals surface area contributed by atoms with Gasteiger partial charge in [-0.05, 0) is 24.3 Å². The molecule has 2 aromatic carbocycles. The SMILES string of the molecule is O=C(OCCOc1ccccc1)OOCCOc1ccccc1. The van der Waals surface area contributed by atoms with Crippen LogP contribution in [-0.2, 0) is 14.5 Å². The van der Waals surface area contributed by atoms with E-state index in [0.717, 1.165) is 5.75 Å². The molecule has 0 aromatic heterocycles. The van der Waals surface area contributed by atoms with Crippen LogP contribution in [0.25, 0.3) is 0 Å². The van der Waals surface area contributed by atoms with Crippen molar-refractivity contribution in [1.29, 1.82) is 0 Å². The van der Waals surface area contributed by atoms with Crippen LogP contribution in [0.5, 0.6) is 11.5 Å². The predicted molar refractivity (Wildman–Crippen MR) is 82.3 cm³/mol. The minimum absolute atomic E-state index is 0.0671. The summed E-state index contributed by atoms with van der Waals surface area (Å²) in [6, 6.07) is 18.5. The van der Waals surface area contributed by atoms with Gasteiger partial charge in [0.1, 0.15) is 37.9 Å². The highest BCUT2D eigenvalue weighted by Gasteiger charge is 2.05. The average Bonchev–Trinajstić information content (AvgIpc) is 2.60. The predicted octanol–water partition coefficient (Wildman–Crippen LogP) is 3.23. The second-order valence-corrected chi connectivity index (χ2v) is 4.33. The van der Waals surface area contributed by atoms with Crippen molar-refractivity contribution in [2.75, 3.05) is 26.4 Å². The van der Waals surface area contributed by atoms with Crippen LogP contribution in [0, 0.1) is 0 Å². The van der Waals surface area contributed by atoms with Gasteiger partial charge in [0.25, 0.3) is 0 Å². The van der Waals surface area contributed by atoms with Gasteiger partial charge in [0.05, 0.1) is 0 Å². The first kappa shape index (κ1) is 16.6. The van der Waals surface area contributed by atoms with E-state index in [2.05, 4.69) is 4.89 Å². The molecule has 0 heterocycles. The van der Waals surface area contributed by atoms with Crippen LogP contribution >= 0.6 is 0 Å². The fraction of sp³-hybridized carbons (Fsp3) is 0.235. The number of carbonyl (C=O) groups is 1. The van der Waals surface area contributed by atoms with Crippen LogP contribution in [0.1, 0.15) is 0 Å². The highest BCUT2D eigenvalue weighted by atomic mass is 17.2. The van der Waals surface area contributed by atoms with Gasteiger partial charge in [-0.3, -0.25) is 4.89 Å². The second kappa shape index (κ2) is 10.1. The zero-order chi connectivity index (χ0) is 16.2. The Morgan fingerprint density at radius 2 is 1.22 bits per heavy atom. The lowest BCUT2D eigenvalue weighted by Crippen LogP contribution is -2.15. The molecule has 0 aliphatic carbocycles. The summed E-state index contributed by atoms with van der Waals surface area (Å²) < 4.78 is 15.5.